The summed E-state index contributed by atoms with van der Waals surface area (Å²) in [4.78, 5) is 42.9. The third-order valence-corrected chi connectivity index (χ3v) is 6.49. The maximum absolute atomic E-state index is 14.5. The number of carbonyl (C=O) groups is 3. The average Bonchev–Trinajstić information content (AvgIpc) is 3.16. The van der Waals surface area contributed by atoms with Crippen LogP contribution in [0.4, 0.5) is 29.1 Å². The van der Waals surface area contributed by atoms with Crippen molar-refractivity contribution in [2.45, 2.75) is 33.4 Å². The lowest BCUT2D eigenvalue weighted by molar-refractivity contribution is 0.0697. The van der Waals surface area contributed by atoms with E-state index in [1.54, 1.807) is 45.0 Å². The number of thiophene rings is 1. The molecule has 0 aliphatic carbocycles. The normalized spacial score (nSPS) is 10.8. The molecule has 1 heterocycles. The van der Waals surface area contributed by atoms with Gasteiger partial charge in [-0.3, -0.25) is 9.74 Å². The first kappa shape index (κ1) is 27.6. The van der Waals surface area contributed by atoms with Crippen molar-refractivity contribution in [3.8, 4) is 10.4 Å². The number of carboxylic acid groups (broad SMARTS) is 1. The Labute approximate surface area is 215 Å². The van der Waals surface area contributed by atoms with Crippen LogP contribution in [0.2, 0.25) is 0 Å². The number of anilines is 2. The molecule has 37 heavy (non-hydrogen) atoms. The van der Waals surface area contributed by atoms with E-state index in [1.807, 2.05) is 0 Å². The summed E-state index contributed by atoms with van der Waals surface area (Å²) in [5, 5.41) is 12.5. The van der Waals surface area contributed by atoms with E-state index in [0.717, 1.165) is 28.4 Å². The van der Waals surface area contributed by atoms with E-state index < -0.39 is 47.9 Å². The van der Waals surface area contributed by atoms with Crippen LogP contribution < -0.4 is 15.7 Å². The Morgan fingerprint density at radius 3 is 2.24 bits per heavy atom. The minimum Gasteiger partial charge on any atom is -0.478 e. The van der Waals surface area contributed by atoms with Crippen molar-refractivity contribution in [1.82, 2.24) is 5.48 Å². The predicted octanol–water partition coefficient (Wildman–Crippen LogP) is 5.93. The molecule has 0 bridgehead atoms. The molecule has 3 N–H and O–H groups in total. The third-order valence-electron chi connectivity index (χ3n) is 5.12. The van der Waals surface area contributed by atoms with Crippen LogP contribution in [0.15, 0.2) is 42.5 Å². The largest absolute Gasteiger partial charge is 0.478 e. The van der Waals surface area contributed by atoms with Gasteiger partial charge in [-0.25, -0.2) is 28.6 Å². The molecule has 0 fully saturated rings. The van der Waals surface area contributed by atoms with Crippen molar-refractivity contribution < 1.29 is 37.8 Å². The van der Waals surface area contributed by atoms with Gasteiger partial charge in [0.2, 0.25) is 0 Å². The lowest BCUT2D eigenvalue weighted by Gasteiger charge is -2.23. The number of hydroxylamine groups is 1. The topological polar surface area (TPSA) is 117 Å². The Morgan fingerprint density at radius 2 is 1.70 bits per heavy atom. The van der Waals surface area contributed by atoms with Crippen LogP contribution in [0.25, 0.3) is 10.4 Å². The lowest BCUT2D eigenvalue weighted by atomic mass is 10.1. The number of ether oxygens (including phenoxy) is 1. The van der Waals surface area contributed by atoms with Gasteiger partial charge in [-0.15, -0.1) is 11.3 Å². The van der Waals surface area contributed by atoms with E-state index >= 15 is 0 Å². The molecule has 12 heteroatoms. The molecule has 3 rings (SSSR count). The van der Waals surface area contributed by atoms with Crippen molar-refractivity contribution in [3.05, 3.63) is 70.8 Å². The van der Waals surface area contributed by atoms with Crippen molar-refractivity contribution in [3.63, 3.8) is 0 Å². The number of nitrogens with zero attached hydrogens (tertiary/aromatic N) is 1. The highest BCUT2D eigenvalue weighted by molar-refractivity contribution is 7.20. The Balaban J connectivity index is 2.08. The fourth-order valence-electron chi connectivity index (χ4n) is 3.50. The van der Waals surface area contributed by atoms with Gasteiger partial charge in [0.15, 0.2) is 0 Å². The maximum atomic E-state index is 14.5. The van der Waals surface area contributed by atoms with Crippen molar-refractivity contribution in [1.29, 1.82) is 0 Å². The smallest absolute Gasteiger partial charge is 0.415 e. The van der Waals surface area contributed by atoms with Crippen molar-refractivity contribution in [2.24, 2.45) is 0 Å². The number of carbonyl (C=O) groups excluding carboxylic acids is 2. The molecule has 0 saturated heterocycles. The first-order valence-corrected chi connectivity index (χ1v) is 11.8. The predicted molar refractivity (Wildman–Crippen MR) is 135 cm³/mol. The van der Waals surface area contributed by atoms with Crippen LogP contribution in [0.3, 0.4) is 0 Å². The number of amides is 3. The van der Waals surface area contributed by atoms with Gasteiger partial charge in [-0.2, -0.15) is 0 Å². The van der Waals surface area contributed by atoms with Gasteiger partial charge in [0, 0.05) is 16.1 Å². The van der Waals surface area contributed by atoms with E-state index in [2.05, 4.69) is 15.6 Å². The zero-order valence-corrected chi connectivity index (χ0v) is 21.2. The van der Waals surface area contributed by atoms with Crippen LogP contribution in [0, 0.1) is 18.6 Å². The molecule has 0 saturated carbocycles. The standard InChI is InChI=1S/C25H25F2N3O6S/c1-13(2)36-25(34)30(12-17-18(26)6-5-7-19(17)27)22-20(23(31)32)14(3)21(37-22)15-8-10-16(11-9-15)28-24(33)29-35-4/h5-11,13H,12H2,1-4H3,(H,31,32)(H2,28,29,33). The number of rotatable bonds is 8. The Kier molecular flexibility index (Phi) is 8.79. The Morgan fingerprint density at radius 1 is 1.08 bits per heavy atom. The summed E-state index contributed by atoms with van der Waals surface area (Å²) in [7, 11) is 1.29. The quantitative estimate of drug-likeness (QED) is 0.309. The maximum Gasteiger partial charge on any atom is 0.415 e. The van der Waals surface area contributed by atoms with Gasteiger partial charge in [-0.05, 0) is 56.2 Å². The SMILES string of the molecule is CONC(=O)Nc1ccc(-c2sc(N(Cc3c(F)cccc3F)C(=O)OC(C)C)c(C(=O)O)c2C)cc1. The number of halogens is 2. The highest BCUT2D eigenvalue weighted by Gasteiger charge is 2.31. The minimum atomic E-state index is -1.32. The molecule has 0 unspecified atom stereocenters. The fraction of sp³-hybridized carbons (Fsp3) is 0.240. The highest BCUT2D eigenvalue weighted by atomic mass is 32.1. The molecular formula is C25H25F2N3O6S. The number of carboxylic acids is 1. The van der Waals surface area contributed by atoms with Gasteiger partial charge >= 0.3 is 18.1 Å². The van der Waals surface area contributed by atoms with Gasteiger partial charge < -0.3 is 15.2 Å². The molecule has 0 aliphatic heterocycles. The highest BCUT2D eigenvalue weighted by Crippen LogP contribution is 2.43. The second-order valence-corrected chi connectivity index (χ2v) is 9.10. The number of nitrogens with one attached hydrogen (secondary N) is 2. The summed E-state index contributed by atoms with van der Waals surface area (Å²) in [5.74, 6) is -3.08. The summed E-state index contributed by atoms with van der Waals surface area (Å²) in [6, 6.07) is 9.23. The molecule has 9 nitrogen and oxygen atoms in total. The number of hydrogen-bond acceptors (Lipinski definition) is 6. The second-order valence-electron chi connectivity index (χ2n) is 8.10. The van der Waals surface area contributed by atoms with Crippen LogP contribution in [0.5, 0.6) is 0 Å². The zero-order chi connectivity index (χ0) is 27.3. The van der Waals surface area contributed by atoms with E-state index in [4.69, 9.17) is 4.74 Å². The molecule has 0 atom stereocenters. The van der Waals surface area contributed by atoms with Crippen molar-refractivity contribution in [2.75, 3.05) is 17.3 Å². The third kappa shape index (κ3) is 6.40. The van der Waals surface area contributed by atoms with E-state index in [1.165, 1.54) is 13.2 Å². The average molecular weight is 534 g/mol. The summed E-state index contributed by atoms with van der Waals surface area (Å²) < 4.78 is 34.2. The van der Waals surface area contributed by atoms with E-state index in [0.29, 0.717) is 21.7 Å². The lowest BCUT2D eigenvalue weighted by Crippen LogP contribution is -2.34. The van der Waals surface area contributed by atoms with Gasteiger partial charge in [0.05, 0.1) is 25.3 Å². The van der Waals surface area contributed by atoms with Crippen LogP contribution in [-0.4, -0.2) is 36.4 Å². The van der Waals surface area contributed by atoms with E-state index in [9.17, 15) is 28.3 Å². The molecule has 1 aromatic heterocycles. The molecule has 3 amide bonds. The molecule has 2 aromatic carbocycles. The van der Waals surface area contributed by atoms with Crippen LogP contribution >= 0.6 is 11.3 Å². The van der Waals surface area contributed by atoms with Gasteiger partial charge in [-0.1, -0.05) is 18.2 Å². The summed E-state index contributed by atoms with van der Waals surface area (Å²) in [6.45, 7) is 4.20. The molecule has 3 aromatic rings. The first-order chi connectivity index (χ1) is 17.5. The molecule has 0 radical (unpaired) electrons. The molecule has 196 valence electrons. The Hall–Kier alpha value is -4.03. The summed E-state index contributed by atoms with van der Waals surface area (Å²) in [5.41, 5.74) is 2.92. The Bertz CT molecular complexity index is 1290. The van der Waals surface area contributed by atoms with Crippen molar-refractivity contribution >= 4 is 40.1 Å². The van der Waals surface area contributed by atoms with Crippen LogP contribution in [0.1, 0.15) is 35.3 Å². The van der Waals surface area contributed by atoms with E-state index in [-0.39, 0.29) is 10.6 Å². The zero-order valence-electron chi connectivity index (χ0n) is 20.4. The molecule has 0 aliphatic rings. The second kappa shape index (κ2) is 11.8. The van der Waals surface area contributed by atoms with Gasteiger partial charge in [0.1, 0.15) is 16.6 Å². The molecular weight excluding hydrogens is 508 g/mol. The summed E-state index contributed by atoms with van der Waals surface area (Å²) in [6.07, 6.45) is -1.51. The summed E-state index contributed by atoms with van der Waals surface area (Å²) >= 11 is 0.970. The first-order valence-electron chi connectivity index (χ1n) is 11.0. The fourth-order valence-corrected chi connectivity index (χ4v) is 4.79. The number of aromatic carboxylic acids is 1. The monoisotopic (exact) mass is 533 g/mol. The van der Waals surface area contributed by atoms with Gasteiger partial charge in [0.25, 0.3) is 0 Å². The minimum absolute atomic E-state index is 0.0324. The number of benzene rings is 2. The molecule has 0 spiro atoms. The number of urea groups is 1. The van der Waals surface area contributed by atoms with Crippen LogP contribution in [-0.2, 0) is 16.1 Å². The number of hydrogen-bond donors (Lipinski definition) is 3.